The maximum absolute atomic E-state index is 11.0. The number of rotatable bonds is 2. The van der Waals surface area contributed by atoms with Crippen LogP contribution in [0.3, 0.4) is 0 Å². The zero-order valence-electron chi connectivity index (χ0n) is 8.25. The number of amides is 1. The number of carbonyl (C=O) groups excluding carboxylic acids is 1. The lowest BCUT2D eigenvalue weighted by Crippen LogP contribution is -2.57. The van der Waals surface area contributed by atoms with E-state index in [2.05, 4.69) is 0 Å². The average Bonchev–Trinajstić information content (AvgIpc) is 1.75. The van der Waals surface area contributed by atoms with Crippen LogP contribution in [0.4, 0.5) is 0 Å². The Bertz CT molecular complexity index is 238. The van der Waals surface area contributed by atoms with E-state index in [0.717, 1.165) is 30.3 Å². The number of hydrogen-bond donors (Lipinski definition) is 0. The third-order valence-electron chi connectivity index (χ3n) is 4.29. The highest BCUT2D eigenvalue weighted by Crippen LogP contribution is 2.67. The normalized spacial score (nSPS) is 41.9. The van der Waals surface area contributed by atoms with Gasteiger partial charge in [0.15, 0.2) is 0 Å². The van der Waals surface area contributed by atoms with Gasteiger partial charge in [-0.2, -0.15) is 0 Å². The molecule has 0 N–H and O–H groups in total. The summed E-state index contributed by atoms with van der Waals surface area (Å²) in [7, 11) is 0. The van der Waals surface area contributed by atoms with E-state index in [0.29, 0.717) is 0 Å². The van der Waals surface area contributed by atoms with Crippen molar-refractivity contribution in [3.05, 3.63) is 0 Å². The summed E-state index contributed by atoms with van der Waals surface area (Å²) >= 11 is 0. The Kier molecular flexibility index (Phi) is 1.38. The molecule has 0 radical (unpaired) electrons. The van der Waals surface area contributed by atoms with Gasteiger partial charge in [0, 0.05) is 20.0 Å². The molecule has 0 aromatic heterocycles. The molecule has 0 unspecified atom stereocenters. The molecule has 1 amide bonds. The summed E-state index contributed by atoms with van der Waals surface area (Å²) in [4.78, 5) is 12.9. The van der Waals surface area contributed by atoms with E-state index in [4.69, 9.17) is 0 Å². The van der Waals surface area contributed by atoms with Gasteiger partial charge in [-0.3, -0.25) is 4.79 Å². The van der Waals surface area contributed by atoms with Crippen molar-refractivity contribution in [2.75, 3.05) is 13.1 Å². The van der Waals surface area contributed by atoms with Crippen LogP contribution in [0.5, 0.6) is 0 Å². The second-order valence-electron chi connectivity index (χ2n) is 5.47. The van der Waals surface area contributed by atoms with Crippen molar-refractivity contribution in [1.29, 1.82) is 0 Å². The van der Waals surface area contributed by atoms with Crippen LogP contribution in [0, 0.1) is 17.3 Å². The topological polar surface area (TPSA) is 20.3 Å². The lowest BCUT2D eigenvalue weighted by atomic mass is 9.42. The molecule has 0 atom stereocenters. The summed E-state index contributed by atoms with van der Waals surface area (Å²) in [6.45, 7) is 3.76. The first-order chi connectivity index (χ1) is 6.17. The summed E-state index contributed by atoms with van der Waals surface area (Å²) in [6, 6.07) is 0. The number of hydrogen-bond acceptors (Lipinski definition) is 1. The third-order valence-corrected chi connectivity index (χ3v) is 4.29. The molecular formula is C11H17NO. The SMILES string of the molecule is CC(=O)N1CC(CC23CC(C2)C3)C1. The minimum atomic E-state index is 0.258. The van der Waals surface area contributed by atoms with Crippen molar-refractivity contribution in [1.82, 2.24) is 4.90 Å². The van der Waals surface area contributed by atoms with Crippen LogP contribution in [0.15, 0.2) is 0 Å². The van der Waals surface area contributed by atoms with Gasteiger partial charge in [0.2, 0.25) is 5.91 Å². The average molecular weight is 179 g/mol. The van der Waals surface area contributed by atoms with Gasteiger partial charge in [-0.05, 0) is 42.9 Å². The zero-order valence-corrected chi connectivity index (χ0v) is 8.25. The van der Waals surface area contributed by atoms with Crippen LogP contribution < -0.4 is 0 Å². The number of carbonyl (C=O) groups is 1. The van der Waals surface area contributed by atoms with E-state index in [-0.39, 0.29) is 5.91 Å². The van der Waals surface area contributed by atoms with Gasteiger partial charge >= 0.3 is 0 Å². The highest BCUT2D eigenvalue weighted by molar-refractivity contribution is 5.74. The number of likely N-dealkylation sites (tertiary alicyclic amines) is 1. The zero-order chi connectivity index (χ0) is 9.05. The summed E-state index contributed by atoms with van der Waals surface area (Å²) in [5, 5.41) is 0. The molecule has 3 aliphatic carbocycles. The Morgan fingerprint density at radius 2 is 2.00 bits per heavy atom. The lowest BCUT2D eigenvalue weighted by molar-refractivity contribution is -0.149. The molecule has 1 saturated heterocycles. The van der Waals surface area contributed by atoms with E-state index >= 15 is 0 Å². The molecule has 2 heteroatoms. The van der Waals surface area contributed by atoms with E-state index in [1.807, 2.05) is 4.90 Å². The van der Waals surface area contributed by atoms with Gasteiger partial charge < -0.3 is 4.90 Å². The molecule has 13 heavy (non-hydrogen) atoms. The molecule has 1 aliphatic heterocycles. The minimum absolute atomic E-state index is 0.258. The van der Waals surface area contributed by atoms with Crippen molar-refractivity contribution in [2.45, 2.75) is 32.6 Å². The first-order valence-electron chi connectivity index (χ1n) is 5.42. The summed E-state index contributed by atoms with van der Waals surface area (Å²) in [5.74, 6) is 2.20. The molecule has 72 valence electrons. The van der Waals surface area contributed by atoms with Gasteiger partial charge in [0.1, 0.15) is 0 Å². The minimum Gasteiger partial charge on any atom is -0.342 e. The van der Waals surface area contributed by atoms with Crippen LogP contribution in [0.25, 0.3) is 0 Å². The number of nitrogens with zero attached hydrogens (tertiary/aromatic N) is 1. The van der Waals surface area contributed by atoms with Crippen LogP contribution in [0.1, 0.15) is 32.6 Å². The van der Waals surface area contributed by atoms with Crippen molar-refractivity contribution < 1.29 is 4.79 Å². The molecule has 2 nitrogen and oxygen atoms in total. The molecule has 2 bridgehead atoms. The Balaban J connectivity index is 1.47. The Morgan fingerprint density at radius 3 is 2.38 bits per heavy atom. The largest absolute Gasteiger partial charge is 0.342 e. The van der Waals surface area contributed by atoms with Crippen LogP contribution in [-0.2, 0) is 4.79 Å². The molecule has 1 heterocycles. The first-order valence-corrected chi connectivity index (χ1v) is 5.42. The molecular weight excluding hydrogens is 162 g/mol. The lowest BCUT2D eigenvalue weighted by Gasteiger charge is -2.64. The van der Waals surface area contributed by atoms with E-state index in [1.54, 1.807) is 6.92 Å². The van der Waals surface area contributed by atoms with Gasteiger partial charge in [-0.25, -0.2) is 0 Å². The van der Waals surface area contributed by atoms with Crippen molar-refractivity contribution in [2.24, 2.45) is 17.3 Å². The molecule has 0 aromatic carbocycles. The predicted molar refractivity (Wildman–Crippen MR) is 50.1 cm³/mol. The standard InChI is InChI=1S/C11H17NO/c1-8(13)12-6-10(7-12)5-11-2-9(3-11)4-11/h9-10H,2-7H2,1H3. The Morgan fingerprint density at radius 1 is 1.38 bits per heavy atom. The molecule has 4 fully saturated rings. The summed E-state index contributed by atoms with van der Waals surface area (Å²) in [5.41, 5.74) is 0.776. The molecule has 0 spiro atoms. The fourth-order valence-electron chi connectivity index (χ4n) is 3.48. The smallest absolute Gasteiger partial charge is 0.219 e. The second kappa shape index (κ2) is 2.28. The quantitative estimate of drug-likeness (QED) is 0.631. The first kappa shape index (κ1) is 7.84. The van der Waals surface area contributed by atoms with Crippen molar-refractivity contribution >= 4 is 5.91 Å². The predicted octanol–water partition coefficient (Wildman–Crippen LogP) is 1.65. The third kappa shape index (κ3) is 1.04. The monoisotopic (exact) mass is 179 g/mol. The van der Waals surface area contributed by atoms with Gasteiger partial charge in [-0.15, -0.1) is 0 Å². The summed E-state index contributed by atoms with van der Waals surface area (Å²) < 4.78 is 0. The van der Waals surface area contributed by atoms with Gasteiger partial charge in [-0.1, -0.05) is 0 Å². The fourth-order valence-corrected chi connectivity index (χ4v) is 3.48. The Hall–Kier alpha value is -0.530. The summed E-state index contributed by atoms with van der Waals surface area (Å²) in [6.07, 6.45) is 5.92. The molecule has 3 saturated carbocycles. The molecule has 4 rings (SSSR count). The van der Waals surface area contributed by atoms with E-state index in [9.17, 15) is 4.79 Å². The van der Waals surface area contributed by atoms with E-state index in [1.165, 1.54) is 25.7 Å². The van der Waals surface area contributed by atoms with Crippen molar-refractivity contribution in [3.8, 4) is 0 Å². The molecule has 0 aromatic rings. The maximum atomic E-state index is 11.0. The van der Waals surface area contributed by atoms with Gasteiger partial charge in [0.05, 0.1) is 0 Å². The highest BCUT2D eigenvalue weighted by Gasteiger charge is 2.57. The fraction of sp³-hybridized carbons (Fsp3) is 0.909. The molecule has 4 aliphatic rings. The van der Waals surface area contributed by atoms with Crippen LogP contribution in [0.2, 0.25) is 0 Å². The van der Waals surface area contributed by atoms with Gasteiger partial charge in [0.25, 0.3) is 0 Å². The maximum Gasteiger partial charge on any atom is 0.219 e. The van der Waals surface area contributed by atoms with E-state index < -0.39 is 0 Å². The second-order valence-corrected chi connectivity index (χ2v) is 5.47. The van der Waals surface area contributed by atoms with Crippen molar-refractivity contribution in [3.63, 3.8) is 0 Å². The van der Waals surface area contributed by atoms with Crippen LogP contribution >= 0.6 is 0 Å². The highest BCUT2D eigenvalue weighted by atomic mass is 16.2. The Labute approximate surface area is 79.3 Å². The van der Waals surface area contributed by atoms with Crippen LogP contribution in [-0.4, -0.2) is 23.9 Å².